The highest BCUT2D eigenvalue weighted by Crippen LogP contribution is 2.29. The predicted octanol–water partition coefficient (Wildman–Crippen LogP) is 4.71. The Hall–Kier alpha value is -3.36. The Morgan fingerprint density at radius 1 is 1.05 bits per heavy atom. The van der Waals surface area contributed by atoms with Gasteiger partial charge in [0.05, 0.1) is 6.42 Å². The van der Waals surface area contributed by atoms with Crippen LogP contribution in [0.25, 0.3) is 6.08 Å². The monoisotopic (exact) mass is 544 g/mol. The molecule has 0 heterocycles. The molecule has 0 aromatic heterocycles. The highest BCUT2D eigenvalue weighted by molar-refractivity contribution is 5.95. The molecule has 218 valence electrons. The molecule has 39 heavy (non-hydrogen) atoms. The number of rotatable bonds is 12. The van der Waals surface area contributed by atoms with Gasteiger partial charge in [-0.25, -0.2) is 4.79 Å². The van der Waals surface area contributed by atoms with Crippen molar-refractivity contribution in [2.75, 3.05) is 0 Å². The fourth-order valence-corrected chi connectivity index (χ4v) is 4.08. The van der Waals surface area contributed by atoms with Crippen LogP contribution >= 0.6 is 0 Å². The first-order valence-corrected chi connectivity index (χ1v) is 13.5. The van der Waals surface area contributed by atoms with Crippen molar-refractivity contribution in [3.63, 3.8) is 0 Å². The van der Waals surface area contributed by atoms with E-state index in [1.165, 1.54) is 4.90 Å². The zero-order valence-electron chi connectivity index (χ0n) is 25.1. The lowest BCUT2D eigenvalue weighted by Gasteiger charge is -2.39. The number of amides is 4. The second kappa shape index (κ2) is 14.1. The summed E-state index contributed by atoms with van der Waals surface area (Å²) in [4.78, 5) is 54.3. The SMILES string of the molecule is C=Cc1cccc(C(C(=O)NC(C)(C)C)N(C(=O)C(CC(N)=O)NC(=O)OC(C)(C)C)C(C)CCC(C)C)c1. The summed E-state index contributed by atoms with van der Waals surface area (Å²) in [6, 6.07) is 4.44. The quantitative estimate of drug-likeness (QED) is 0.351. The maximum Gasteiger partial charge on any atom is 0.408 e. The highest BCUT2D eigenvalue weighted by Gasteiger charge is 2.40. The van der Waals surface area contributed by atoms with Crippen molar-refractivity contribution < 1.29 is 23.9 Å². The molecule has 4 N–H and O–H groups in total. The van der Waals surface area contributed by atoms with E-state index in [0.29, 0.717) is 17.9 Å². The van der Waals surface area contributed by atoms with Gasteiger partial charge in [-0.1, -0.05) is 44.7 Å². The Balaban J connectivity index is 3.73. The number of hydrogen-bond acceptors (Lipinski definition) is 5. The third kappa shape index (κ3) is 11.9. The summed E-state index contributed by atoms with van der Waals surface area (Å²) < 4.78 is 5.34. The zero-order chi connectivity index (χ0) is 30.1. The van der Waals surface area contributed by atoms with Gasteiger partial charge in [-0.2, -0.15) is 0 Å². The van der Waals surface area contributed by atoms with E-state index >= 15 is 0 Å². The standard InChI is InChI=1S/C30H48N4O5/c1-11-21-13-12-14-22(17-21)25(26(36)33-29(5,6)7)34(20(4)16-15-19(2)3)27(37)23(18-24(31)35)32-28(38)39-30(8,9)10/h11-14,17,19-20,23,25H,1,15-16,18H2,2-10H3,(H2,31,35)(H,32,38)(H,33,36). The van der Waals surface area contributed by atoms with Crippen LogP contribution in [0.15, 0.2) is 30.8 Å². The number of hydrogen-bond donors (Lipinski definition) is 3. The van der Waals surface area contributed by atoms with Gasteiger partial charge in [0.15, 0.2) is 0 Å². The van der Waals surface area contributed by atoms with Crippen LogP contribution in [0.5, 0.6) is 0 Å². The third-order valence-electron chi connectivity index (χ3n) is 5.77. The van der Waals surface area contributed by atoms with Crippen LogP contribution in [0.3, 0.4) is 0 Å². The fourth-order valence-electron chi connectivity index (χ4n) is 4.08. The van der Waals surface area contributed by atoms with Crippen molar-refractivity contribution >= 4 is 29.9 Å². The molecule has 0 saturated heterocycles. The molecule has 0 saturated carbocycles. The number of alkyl carbamates (subject to hydrolysis) is 1. The Labute approximate surface area is 233 Å². The van der Waals surface area contributed by atoms with Gasteiger partial charge >= 0.3 is 6.09 Å². The number of ether oxygens (including phenoxy) is 1. The zero-order valence-corrected chi connectivity index (χ0v) is 25.1. The van der Waals surface area contributed by atoms with Gasteiger partial charge < -0.3 is 26.0 Å². The summed E-state index contributed by atoms with van der Waals surface area (Å²) in [5, 5.41) is 5.52. The van der Waals surface area contributed by atoms with Gasteiger partial charge in [0.1, 0.15) is 17.7 Å². The topological polar surface area (TPSA) is 131 Å². The molecule has 1 aromatic carbocycles. The van der Waals surface area contributed by atoms with Gasteiger partial charge in [-0.15, -0.1) is 0 Å². The van der Waals surface area contributed by atoms with Crippen LogP contribution in [0.2, 0.25) is 0 Å². The van der Waals surface area contributed by atoms with Crippen LogP contribution in [0, 0.1) is 5.92 Å². The second-order valence-electron chi connectivity index (χ2n) is 12.5. The Morgan fingerprint density at radius 3 is 2.15 bits per heavy atom. The molecule has 0 aliphatic carbocycles. The van der Waals surface area contributed by atoms with Crippen LogP contribution in [0.4, 0.5) is 4.79 Å². The lowest BCUT2D eigenvalue weighted by atomic mass is 9.95. The second-order valence-corrected chi connectivity index (χ2v) is 12.5. The molecule has 9 nitrogen and oxygen atoms in total. The number of nitrogens with one attached hydrogen (secondary N) is 2. The van der Waals surface area contributed by atoms with Gasteiger partial charge in [0.25, 0.3) is 0 Å². The molecule has 9 heteroatoms. The maximum atomic E-state index is 14.3. The normalized spacial score (nSPS) is 14.1. The minimum Gasteiger partial charge on any atom is -0.444 e. The summed E-state index contributed by atoms with van der Waals surface area (Å²) in [6.07, 6.45) is 1.74. The summed E-state index contributed by atoms with van der Waals surface area (Å²) in [5.74, 6) is -1.40. The molecule has 1 aromatic rings. The van der Waals surface area contributed by atoms with E-state index in [4.69, 9.17) is 10.5 Å². The van der Waals surface area contributed by atoms with Crippen molar-refractivity contribution in [3.8, 4) is 0 Å². The van der Waals surface area contributed by atoms with Crippen LogP contribution in [-0.4, -0.2) is 51.9 Å². The number of carbonyl (C=O) groups excluding carboxylic acids is 4. The first-order chi connectivity index (χ1) is 17.8. The number of primary amides is 1. The Morgan fingerprint density at radius 2 is 1.67 bits per heavy atom. The molecule has 0 aliphatic rings. The van der Waals surface area contributed by atoms with Crippen LogP contribution in [-0.2, 0) is 19.1 Å². The molecule has 0 bridgehead atoms. The van der Waals surface area contributed by atoms with E-state index in [2.05, 4.69) is 31.1 Å². The molecule has 3 unspecified atom stereocenters. The Bertz CT molecular complexity index is 1020. The van der Waals surface area contributed by atoms with Gasteiger partial charge in [-0.3, -0.25) is 14.4 Å². The van der Waals surface area contributed by atoms with Crippen molar-refractivity contribution in [2.45, 2.75) is 111 Å². The van der Waals surface area contributed by atoms with Crippen molar-refractivity contribution in [1.82, 2.24) is 15.5 Å². The Kier molecular flexibility index (Phi) is 12.2. The van der Waals surface area contributed by atoms with Crippen LogP contribution < -0.4 is 16.4 Å². The van der Waals surface area contributed by atoms with E-state index in [1.54, 1.807) is 45.0 Å². The van der Waals surface area contributed by atoms with Crippen molar-refractivity contribution in [1.29, 1.82) is 0 Å². The molecule has 0 aliphatic heterocycles. The van der Waals surface area contributed by atoms with E-state index in [-0.39, 0.29) is 5.91 Å². The lowest BCUT2D eigenvalue weighted by molar-refractivity contribution is -0.146. The predicted molar refractivity (Wildman–Crippen MR) is 155 cm³/mol. The molecule has 4 amide bonds. The fraction of sp³-hybridized carbons (Fsp3) is 0.600. The van der Waals surface area contributed by atoms with Crippen LogP contribution in [0.1, 0.15) is 98.7 Å². The summed E-state index contributed by atoms with van der Waals surface area (Å²) in [6.45, 7) is 20.5. The summed E-state index contributed by atoms with van der Waals surface area (Å²) >= 11 is 0. The van der Waals surface area contributed by atoms with Crippen molar-refractivity contribution in [3.05, 3.63) is 42.0 Å². The number of benzene rings is 1. The molecule has 0 fully saturated rings. The number of carbonyl (C=O) groups is 4. The number of nitrogens with two attached hydrogens (primary N) is 1. The molecule has 0 radical (unpaired) electrons. The van der Waals surface area contributed by atoms with E-state index in [0.717, 1.165) is 12.0 Å². The smallest absolute Gasteiger partial charge is 0.408 e. The highest BCUT2D eigenvalue weighted by atomic mass is 16.6. The molecule has 0 spiro atoms. The van der Waals surface area contributed by atoms with E-state index in [9.17, 15) is 19.2 Å². The van der Waals surface area contributed by atoms with Crippen molar-refractivity contribution in [2.24, 2.45) is 11.7 Å². The summed E-state index contributed by atoms with van der Waals surface area (Å²) in [7, 11) is 0. The van der Waals surface area contributed by atoms with E-state index < -0.39 is 53.6 Å². The first kappa shape index (κ1) is 33.7. The molecular formula is C30H48N4O5. The molecule has 1 rings (SSSR count). The largest absolute Gasteiger partial charge is 0.444 e. The molecular weight excluding hydrogens is 496 g/mol. The molecule has 3 atom stereocenters. The average Bonchev–Trinajstić information content (AvgIpc) is 2.77. The van der Waals surface area contributed by atoms with Gasteiger partial charge in [0.2, 0.25) is 17.7 Å². The number of nitrogens with zero attached hydrogens (tertiary/aromatic N) is 1. The maximum absolute atomic E-state index is 14.3. The minimum atomic E-state index is -1.33. The lowest BCUT2D eigenvalue weighted by Crippen LogP contribution is -2.57. The van der Waals surface area contributed by atoms with E-state index in [1.807, 2.05) is 33.8 Å². The first-order valence-electron chi connectivity index (χ1n) is 13.5. The van der Waals surface area contributed by atoms with Gasteiger partial charge in [-0.05, 0) is 84.4 Å². The summed E-state index contributed by atoms with van der Waals surface area (Å²) in [5.41, 5.74) is 5.44. The third-order valence-corrected chi connectivity index (χ3v) is 5.77. The minimum absolute atomic E-state index is 0.358. The van der Waals surface area contributed by atoms with Gasteiger partial charge in [0, 0.05) is 11.6 Å². The average molecular weight is 545 g/mol.